The van der Waals surface area contributed by atoms with E-state index in [1.54, 1.807) is 11.1 Å². The van der Waals surface area contributed by atoms with Crippen LogP contribution < -0.4 is 0 Å². The minimum atomic E-state index is 1.23. The van der Waals surface area contributed by atoms with Crippen molar-refractivity contribution in [1.82, 2.24) is 0 Å². The second kappa shape index (κ2) is 14.3. The zero-order valence-electron chi connectivity index (χ0n) is 22.8. The van der Waals surface area contributed by atoms with E-state index in [1.165, 1.54) is 130 Å². The van der Waals surface area contributed by atoms with Gasteiger partial charge in [-0.05, 0) is 84.7 Å². The Balaban J connectivity index is 1.46. The van der Waals surface area contributed by atoms with E-state index < -0.39 is 0 Å². The molecule has 0 N–H and O–H groups in total. The normalized spacial score (nSPS) is 11.8. The molecular formula is C32H44S4. The highest BCUT2D eigenvalue weighted by atomic mass is 32.2. The number of hydrogen-bond donors (Lipinski definition) is 0. The monoisotopic (exact) mass is 556 g/mol. The summed E-state index contributed by atoms with van der Waals surface area (Å²) >= 11 is 8.00. The van der Waals surface area contributed by atoms with E-state index in [2.05, 4.69) is 50.6 Å². The first-order chi connectivity index (χ1) is 17.7. The van der Waals surface area contributed by atoms with Crippen LogP contribution in [0.2, 0.25) is 0 Å². The lowest BCUT2D eigenvalue weighted by Crippen LogP contribution is -1.88. The van der Waals surface area contributed by atoms with Gasteiger partial charge in [0.25, 0.3) is 0 Å². The van der Waals surface area contributed by atoms with Crippen molar-refractivity contribution >= 4 is 54.7 Å². The Hall–Kier alpha value is -0.940. The Morgan fingerprint density at radius 3 is 1.36 bits per heavy atom. The van der Waals surface area contributed by atoms with Crippen LogP contribution in [0.25, 0.3) is 28.9 Å². The molecule has 0 spiro atoms. The third-order valence-electron chi connectivity index (χ3n) is 7.53. The second-order valence-electron chi connectivity index (χ2n) is 10.4. The smallest absolute Gasteiger partial charge is 0.0884 e. The molecule has 0 aliphatic rings. The molecular weight excluding hydrogens is 513 g/mol. The van der Waals surface area contributed by atoms with E-state index in [-0.39, 0.29) is 0 Å². The average Bonchev–Trinajstić information content (AvgIpc) is 3.65. The van der Waals surface area contributed by atoms with Crippen LogP contribution in [0.4, 0.5) is 0 Å². The summed E-state index contributed by atoms with van der Waals surface area (Å²) < 4.78 is 1.52. The van der Waals surface area contributed by atoms with E-state index in [4.69, 9.17) is 0 Å². The molecule has 0 aliphatic carbocycles. The molecule has 36 heavy (non-hydrogen) atoms. The summed E-state index contributed by atoms with van der Waals surface area (Å²) in [6, 6.07) is 4.77. The second-order valence-corrected chi connectivity index (χ2v) is 14.5. The molecule has 0 bridgehead atoms. The van der Waals surface area contributed by atoms with Crippen LogP contribution in [-0.2, 0) is 12.8 Å². The molecule has 0 aromatic carbocycles. The predicted molar refractivity (Wildman–Crippen MR) is 170 cm³/mol. The van der Waals surface area contributed by atoms with Crippen molar-refractivity contribution in [1.29, 1.82) is 0 Å². The van der Waals surface area contributed by atoms with Gasteiger partial charge in [0.15, 0.2) is 0 Å². The highest BCUT2D eigenvalue weighted by Crippen LogP contribution is 2.50. The molecule has 4 heterocycles. The number of rotatable bonds is 16. The molecule has 0 atom stereocenters. The SMILES string of the molecule is CCCCCCCCc1ccsc1-c1sc2sc(-c3sccc3CCCCCCCC)c(C)c2c1C. The van der Waals surface area contributed by atoms with Gasteiger partial charge in [-0.1, -0.05) is 78.1 Å². The summed E-state index contributed by atoms with van der Waals surface area (Å²) in [6.45, 7) is 9.34. The van der Waals surface area contributed by atoms with Crippen LogP contribution in [-0.4, -0.2) is 0 Å². The number of unbranched alkanes of at least 4 members (excludes halogenated alkanes) is 10. The van der Waals surface area contributed by atoms with E-state index in [9.17, 15) is 0 Å². The van der Waals surface area contributed by atoms with E-state index in [0.717, 1.165) is 0 Å². The fraction of sp³-hybridized carbons (Fsp3) is 0.562. The topological polar surface area (TPSA) is 0 Å². The zero-order chi connectivity index (χ0) is 25.3. The van der Waals surface area contributed by atoms with Gasteiger partial charge in [-0.25, -0.2) is 0 Å². The molecule has 0 saturated carbocycles. The van der Waals surface area contributed by atoms with E-state index >= 15 is 0 Å². The van der Waals surface area contributed by atoms with Gasteiger partial charge in [0.1, 0.15) is 0 Å². The van der Waals surface area contributed by atoms with Crippen LogP contribution in [0.15, 0.2) is 22.9 Å². The van der Waals surface area contributed by atoms with Gasteiger partial charge in [0.2, 0.25) is 0 Å². The van der Waals surface area contributed by atoms with Crippen molar-refractivity contribution in [2.24, 2.45) is 0 Å². The first-order valence-electron chi connectivity index (χ1n) is 14.3. The minimum Gasteiger partial charge on any atom is -0.143 e. The van der Waals surface area contributed by atoms with Crippen molar-refractivity contribution in [2.75, 3.05) is 0 Å². The molecule has 0 aliphatic heterocycles. The number of aryl methyl sites for hydroxylation is 4. The van der Waals surface area contributed by atoms with Gasteiger partial charge in [-0.15, -0.1) is 45.3 Å². The lowest BCUT2D eigenvalue weighted by atomic mass is 10.0. The third-order valence-corrected chi connectivity index (χ3v) is 12.4. The van der Waals surface area contributed by atoms with Crippen LogP contribution in [0.3, 0.4) is 0 Å². The fourth-order valence-corrected chi connectivity index (χ4v) is 10.6. The van der Waals surface area contributed by atoms with Gasteiger partial charge < -0.3 is 0 Å². The Morgan fingerprint density at radius 1 is 0.528 bits per heavy atom. The summed E-state index contributed by atoms with van der Waals surface area (Å²) in [4.78, 5) is 6.13. The maximum absolute atomic E-state index is 2.39. The summed E-state index contributed by atoms with van der Waals surface area (Å²) in [5.41, 5.74) is 6.17. The van der Waals surface area contributed by atoms with Gasteiger partial charge in [0.05, 0.1) is 4.01 Å². The summed E-state index contributed by atoms with van der Waals surface area (Å²) in [5, 5.41) is 6.16. The van der Waals surface area contributed by atoms with E-state index in [1.807, 2.05) is 45.3 Å². The van der Waals surface area contributed by atoms with Crippen molar-refractivity contribution in [2.45, 2.75) is 118 Å². The highest BCUT2D eigenvalue weighted by molar-refractivity contribution is 7.42. The first kappa shape index (κ1) is 28.1. The van der Waals surface area contributed by atoms with Gasteiger partial charge in [-0.3, -0.25) is 0 Å². The molecule has 0 radical (unpaired) electrons. The first-order valence-corrected chi connectivity index (χ1v) is 17.7. The van der Waals surface area contributed by atoms with Crippen molar-refractivity contribution in [3.05, 3.63) is 45.1 Å². The van der Waals surface area contributed by atoms with Gasteiger partial charge in [-0.2, -0.15) is 0 Å². The number of thiophene rings is 4. The third kappa shape index (κ3) is 6.73. The molecule has 0 amide bonds. The molecule has 4 heteroatoms. The summed E-state index contributed by atoms with van der Waals surface area (Å²) in [7, 11) is 0. The van der Waals surface area contributed by atoms with Crippen LogP contribution in [0.1, 0.15) is 113 Å². The molecule has 0 fully saturated rings. The largest absolute Gasteiger partial charge is 0.143 e. The fourth-order valence-electron chi connectivity index (χ4n) is 5.36. The minimum absolute atomic E-state index is 1.23. The Kier molecular flexibility index (Phi) is 11.1. The van der Waals surface area contributed by atoms with Gasteiger partial charge in [0, 0.05) is 24.9 Å². The predicted octanol–water partition coefficient (Wildman–Crippen LogP) is 12.8. The molecule has 4 aromatic heterocycles. The van der Waals surface area contributed by atoms with Crippen molar-refractivity contribution in [3.8, 4) is 19.5 Å². The average molecular weight is 557 g/mol. The Bertz CT molecular complexity index is 1110. The standard InChI is InChI=1S/C32H44S4/c1-5-7-9-11-13-15-17-25-19-21-33-30(25)28-23(3)27-24(4)29(36-32(27)35-28)31-26(20-22-34-31)18-16-14-12-10-8-6-2/h19-22H,5-18H2,1-4H3. The van der Waals surface area contributed by atoms with Crippen LogP contribution in [0, 0.1) is 13.8 Å². The molecule has 4 aromatic rings. The lowest BCUT2D eigenvalue weighted by molar-refractivity contribution is 0.608. The van der Waals surface area contributed by atoms with Crippen molar-refractivity contribution < 1.29 is 0 Å². The van der Waals surface area contributed by atoms with E-state index in [0.29, 0.717) is 0 Å². The quantitative estimate of drug-likeness (QED) is 0.120. The molecule has 196 valence electrons. The maximum atomic E-state index is 2.39. The molecule has 0 saturated heterocycles. The Morgan fingerprint density at radius 2 is 0.944 bits per heavy atom. The van der Waals surface area contributed by atoms with Gasteiger partial charge >= 0.3 is 0 Å². The summed E-state index contributed by atoms with van der Waals surface area (Å²) in [5.74, 6) is 0. The maximum Gasteiger partial charge on any atom is 0.0884 e. The van der Waals surface area contributed by atoms with Crippen LogP contribution in [0.5, 0.6) is 0 Å². The Labute approximate surface area is 235 Å². The molecule has 0 unspecified atom stereocenters. The summed E-state index contributed by atoms with van der Waals surface area (Å²) in [6.07, 6.45) is 18.9. The number of hydrogen-bond acceptors (Lipinski definition) is 4. The van der Waals surface area contributed by atoms with Crippen molar-refractivity contribution in [3.63, 3.8) is 0 Å². The lowest BCUT2D eigenvalue weighted by Gasteiger charge is -2.06. The van der Waals surface area contributed by atoms with Crippen LogP contribution >= 0.6 is 45.3 Å². The molecule has 0 nitrogen and oxygen atoms in total. The highest BCUT2D eigenvalue weighted by Gasteiger charge is 2.22. The molecule has 4 rings (SSSR count). The number of fused-ring (bicyclic) bond motifs is 1. The zero-order valence-corrected chi connectivity index (χ0v) is 26.1.